The highest BCUT2D eigenvalue weighted by atomic mass is 32.1. The fourth-order valence-electron chi connectivity index (χ4n) is 2.43. The Hall–Kier alpha value is -2.33. The average molecular weight is 347 g/mol. The van der Waals surface area contributed by atoms with Gasteiger partial charge < -0.3 is 10.1 Å². The van der Waals surface area contributed by atoms with Gasteiger partial charge in [-0.15, -0.1) is 0 Å². The molecule has 9 heteroatoms. The number of esters is 1. The molecule has 24 heavy (non-hydrogen) atoms. The number of hydrazine groups is 2. The van der Waals surface area contributed by atoms with E-state index in [0.29, 0.717) is 15.7 Å². The van der Waals surface area contributed by atoms with Crippen molar-refractivity contribution in [3.63, 3.8) is 0 Å². The van der Waals surface area contributed by atoms with Gasteiger partial charge in [0.15, 0.2) is 5.13 Å². The van der Waals surface area contributed by atoms with Crippen LogP contribution in [-0.2, 0) is 9.53 Å². The van der Waals surface area contributed by atoms with E-state index in [0.717, 1.165) is 16.9 Å². The minimum atomic E-state index is -0.529. The van der Waals surface area contributed by atoms with Gasteiger partial charge in [-0.1, -0.05) is 41.7 Å². The van der Waals surface area contributed by atoms with Gasteiger partial charge in [0.2, 0.25) is 5.91 Å². The van der Waals surface area contributed by atoms with E-state index in [1.807, 2.05) is 30.3 Å². The Morgan fingerprint density at radius 2 is 2.00 bits per heavy atom. The summed E-state index contributed by atoms with van der Waals surface area (Å²) in [6.45, 7) is 1.70. The molecular weight excluding hydrogens is 330 g/mol. The summed E-state index contributed by atoms with van der Waals surface area (Å²) in [5, 5.41) is 3.10. The molecule has 0 spiro atoms. The summed E-state index contributed by atoms with van der Waals surface area (Å²) in [5.74, 6) is -0.721. The second-order valence-corrected chi connectivity index (χ2v) is 6.19. The van der Waals surface area contributed by atoms with E-state index in [4.69, 9.17) is 4.74 Å². The Morgan fingerprint density at radius 3 is 2.71 bits per heavy atom. The second kappa shape index (κ2) is 7.05. The Labute approximate surface area is 142 Å². The first-order valence-electron chi connectivity index (χ1n) is 7.27. The maximum absolute atomic E-state index is 12.6. The standard InChI is InChI=1S/C15H17N5O3S/c1-8-12(14(22)23-2)24-15(16-8)17-13(21)11-10(18-20-19-11)9-6-4-3-5-7-9/h3-7,10-11,18-20H,1-2H3,(H,16,17,21). The number of hydrogen-bond donors (Lipinski definition) is 4. The van der Waals surface area contributed by atoms with Gasteiger partial charge in [-0.2, -0.15) is 5.53 Å². The van der Waals surface area contributed by atoms with E-state index in [1.54, 1.807) is 6.92 Å². The highest BCUT2D eigenvalue weighted by Gasteiger charge is 2.34. The van der Waals surface area contributed by atoms with Crippen LogP contribution in [0, 0.1) is 6.92 Å². The van der Waals surface area contributed by atoms with E-state index >= 15 is 0 Å². The molecule has 0 radical (unpaired) electrons. The monoisotopic (exact) mass is 347 g/mol. The first-order valence-corrected chi connectivity index (χ1v) is 8.09. The number of nitrogens with one attached hydrogen (secondary N) is 4. The van der Waals surface area contributed by atoms with Crippen LogP contribution in [0.3, 0.4) is 0 Å². The summed E-state index contributed by atoms with van der Waals surface area (Å²) in [5.41, 5.74) is 10.2. The SMILES string of the molecule is COC(=O)c1sc(NC(=O)C2NNNC2c2ccccc2)nc1C. The number of methoxy groups -OCH3 is 1. The number of hydrogen-bond acceptors (Lipinski definition) is 8. The summed E-state index contributed by atoms with van der Waals surface area (Å²) >= 11 is 1.09. The number of amides is 1. The third kappa shape index (κ3) is 3.29. The van der Waals surface area contributed by atoms with Crippen LogP contribution < -0.4 is 21.7 Å². The number of anilines is 1. The van der Waals surface area contributed by atoms with Gasteiger partial charge in [0.05, 0.1) is 18.8 Å². The molecule has 126 valence electrons. The Morgan fingerprint density at radius 1 is 1.25 bits per heavy atom. The number of aryl methyl sites for hydroxylation is 1. The fraction of sp³-hybridized carbons (Fsp3) is 0.267. The molecule has 4 N–H and O–H groups in total. The molecule has 8 nitrogen and oxygen atoms in total. The van der Waals surface area contributed by atoms with Crippen LogP contribution in [0.5, 0.6) is 0 Å². The zero-order valence-corrected chi connectivity index (χ0v) is 13.9. The summed E-state index contributed by atoms with van der Waals surface area (Å²) in [4.78, 5) is 28.8. The summed E-state index contributed by atoms with van der Waals surface area (Å²) in [6.07, 6.45) is 0. The van der Waals surface area contributed by atoms with Crippen LogP contribution in [0.15, 0.2) is 30.3 Å². The average Bonchev–Trinajstić information content (AvgIpc) is 3.22. The van der Waals surface area contributed by atoms with E-state index in [1.165, 1.54) is 7.11 Å². The Kier molecular flexibility index (Phi) is 4.86. The number of benzene rings is 1. The molecule has 2 aromatic rings. The van der Waals surface area contributed by atoms with Crippen molar-refractivity contribution in [3.05, 3.63) is 46.5 Å². The van der Waals surface area contributed by atoms with Gasteiger partial charge in [-0.3, -0.25) is 4.79 Å². The van der Waals surface area contributed by atoms with Gasteiger partial charge >= 0.3 is 5.97 Å². The summed E-state index contributed by atoms with van der Waals surface area (Å²) < 4.78 is 4.70. The van der Waals surface area contributed by atoms with Crippen molar-refractivity contribution in [2.45, 2.75) is 19.0 Å². The van der Waals surface area contributed by atoms with Crippen LogP contribution >= 0.6 is 11.3 Å². The first kappa shape index (κ1) is 16.5. The van der Waals surface area contributed by atoms with Crippen LogP contribution in [0.2, 0.25) is 0 Å². The number of thiazole rings is 1. The van der Waals surface area contributed by atoms with Crippen LogP contribution in [0.4, 0.5) is 5.13 Å². The smallest absolute Gasteiger partial charge is 0.350 e. The van der Waals surface area contributed by atoms with Gasteiger partial charge in [0.25, 0.3) is 0 Å². The molecule has 1 aromatic carbocycles. The zero-order valence-electron chi connectivity index (χ0n) is 13.1. The maximum Gasteiger partial charge on any atom is 0.350 e. The predicted octanol–water partition coefficient (Wildman–Crippen LogP) is 0.899. The molecule has 1 amide bonds. The normalized spacial score (nSPS) is 19.9. The third-order valence-electron chi connectivity index (χ3n) is 3.63. The van der Waals surface area contributed by atoms with E-state index < -0.39 is 12.0 Å². The topological polar surface area (TPSA) is 104 Å². The number of carbonyl (C=O) groups excluding carboxylic acids is 2. The van der Waals surface area contributed by atoms with Gasteiger partial charge in [0.1, 0.15) is 10.9 Å². The number of nitrogens with zero attached hydrogens (tertiary/aromatic N) is 1. The predicted molar refractivity (Wildman–Crippen MR) is 89.2 cm³/mol. The van der Waals surface area contributed by atoms with Crippen molar-refractivity contribution in [2.24, 2.45) is 0 Å². The van der Waals surface area contributed by atoms with Crippen LogP contribution in [0.25, 0.3) is 0 Å². The molecule has 3 rings (SSSR count). The third-order valence-corrected chi connectivity index (χ3v) is 4.68. The van der Waals surface area contributed by atoms with Crippen LogP contribution in [-0.4, -0.2) is 30.0 Å². The fourth-order valence-corrected chi connectivity index (χ4v) is 3.32. The molecule has 1 fully saturated rings. The van der Waals surface area contributed by atoms with Crippen LogP contribution in [0.1, 0.15) is 27.0 Å². The van der Waals surface area contributed by atoms with Crippen molar-refractivity contribution >= 4 is 28.3 Å². The minimum Gasteiger partial charge on any atom is -0.465 e. The molecule has 1 saturated heterocycles. The Balaban J connectivity index is 1.74. The number of rotatable bonds is 4. The van der Waals surface area contributed by atoms with Gasteiger partial charge in [0, 0.05) is 0 Å². The molecule has 0 bridgehead atoms. The molecule has 1 aliphatic rings. The lowest BCUT2D eigenvalue weighted by molar-refractivity contribution is -0.118. The van der Waals surface area contributed by atoms with Gasteiger partial charge in [-0.25, -0.2) is 20.6 Å². The van der Waals surface area contributed by atoms with Crippen molar-refractivity contribution in [1.82, 2.24) is 21.4 Å². The molecule has 2 unspecified atom stereocenters. The second-order valence-electron chi connectivity index (χ2n) is 5.19. The van der Waals surface area contributed by atoms with Crippen molar-refractivity contribution in [3.8, 4) is 0 Å². The molecule has 1 aromatic heterocycles. The number of aromatic nitrogens is 1. The quantitative estimate of drug-likeness (QED) is 0.609. The lowest BCUT2D eigenvalue weighted by Gasteiger charge is -2.17. The molecule has 2 atom stereocenters. The number of carbonyl (C=O) groups is 2. The highest BCUT2D eigenvalue weighted by molar-refractivity contribution is 7.17. The molecule has 2 heterocycles. The summed E-state index contributed by atoms with van der Waals surface area (Å²) in [6, 6.07) is 8.87. The summed E-state index contributed by atoms with van der Waals surface area (Å²) in [7, 11) is 1.31. The highest BCUT2D eigenvalue weighted by Crippen LogP contribution is 2.25. The maximum atomic E-state index is 12.6. The van der Waals surface area contributed by atoms with E-state index in [9.17, 15) is 9.59 Å². The van der Waals surface area contributed by atoms with E-state index in [2.05, 4.69) is 26.7 Å². The van der Waals surface area contributed by atoms with Crippen molar-refractivity contribution < 1.29 is 14.3 Å². The van der Waals surface area contributed by atoms with Gasteiger partial charge in [-0.05, 0) is 12.5 Å². The minimum absolute atomic E-state index is 0.229. The molecule has 1 aliphatic heterocycles. The van der Waals surface area contributed by atoms with Crippen molar-refractivity contribution in [2.75, 3.05) is 12.4 Å². The lowest BCUT2D eigenvalue weighted by Crippen LogP contribution is -2.41. The number of ether oxygens (including phenoxy) is 1. The molecule has 0 saturated carbocycles. The zero-order chi connectivity index (χ0) is 17.1. The molecule has 0 aliphatic carbocycles. The first-order chi connectivity index (χ1) is 11.6. The Bertz CT molecular complexity index is 749. The van der Waals surface area contributed by atoms with Crippen molar-refractivity contribution in [1.29, 1.82) is 0 Å². The largest absolute Gasteiger partial charge is 0.465 e. The molecular formula is C15H17N5O3S. The lowest BCUT2D eigenvalue weighted by atomic mass is 10.0. The van der Waals surface area contributed by atoms with E-state index in [-0.39, 0.29) is 11.9 Å².